The Hall–Kier alpha value is -1.86. The second-order valence-corrected chi connectivity index (χ2v) is 5.33. The first kappa shape index (κ1) is 14.5. The Labute approximate surface area is 125 Å². The van der Waals surface area contributed by atoms with Crippen molar-refractivity contribution in [2.24, 2.45) is 0 Å². The van der Waals surface area contributed by atoms with E-state index in [1.807, 2.05) is 31.3 Å². The van der Waals surface area contributed by atoms with Crippen LogP contribution < -0.4 is 0 Å². The smallest absolute Gasteiger partial charge is 0.0361 e. The SMILES string of the molecule is C=Cc1c(/C=C\C)sc2ccc3ccccc3c12.CC. The van der Waals surface area contributed by atoms with E-state index in [1.54, 1.807) is 0 Å². The van der Waals surface area contributed by atoms with Crippen molar-refractivity contribution in [1.82, 2.24) is 0 Å². The number of allylic oxidation sites excluding steroid dienone is 1. The maximum atomic E-state index is 3.98. The normalized spacial score (nSPS) is 10.8. The Morgan fingerprint density at radius 3 is 2.50 bits per heavy atom. The molecule has 1 heterocycles. The summed E-state index contributed by atoms with van der Waals surface area (Å²) in [4.78, 5) is 1.29. The lowest BCUT2D eigenvalue weighted by Gasteiger charge is -2.00. The molecule has 0 aliphatic carbocycles. The van der Waals surface area contributed by atoms with Gasteiger partial charge < -0.3 is 0 Å². The monoisotopic (exact) mass is 280 g/mol. The van der Waals surface area contributed by atoms with Crippen LogP contribution in [0.2, 0.25) is 0 Å². The highest BCUT2D eigenvalue weighted by atomic mass is 32.1. The second kappa shape index (κ2) is 6.53. The Balaban J connectivity index is 0.000000704. The topological polar surface area (TPSA) is 0 Å². The number of hydrogen-bond donors (Lipinski definition) is 0. The first-order valence-corrected chi connectivity index (χ1v) is 7.86. The summed E-state index contributed by atoms with van der Waals surface area (Å²) in [5, 5.41) is 3.94. The molecule has 1 heteroatoms. The molecule has 0 aliphatic heterocycles. The molecule has 3 aromatic rings. The summed E-state index contributed by atoms with van der Waals surface area (Å²) in [6.45, 7) is 10.0. The fourth-order valence-electron chi connectivity index (χ4n) is 2.39. The van der Waals surface area contributed by atoms with Crippen molar-refractivity contribution in [3.8, 4) is 0 Å². The van der Waals surface area contributed by atoms with E-state index in [4.69, 9.17) is 0 Å². The molecule has 102 valence electrons. The molecule has 0 aliphatic rings. The summed E-state index contributed by atoms with van der Waals surface area (Å²) in [6, 6.07) is 12.9. The van der Waals surface area contributed by atoms with E-state index in [0.29, 0.717) is 0 Å². The van der Waals surface area contributed by atoms with E-state index >= 15 is 0 Å². The van der Waals surface area contributed by atoms with Crippen LogP contribution in [-0.4, -0.2) is 0 Å². The zero-order valence-electron chi connectivity index (χ0n) is 12.3. The fourth-order valence-corrected chi connectivity index (χ4v) is 3.58. The fraction of sp³-hybridized carbons (Fsp3) is 0.158. The van der Waals surface area contributed by atoms with Crippen LogP contribution in [0.25, 0.3) is 33.0 Å². The van der Waals surface area contributed by atoms with Crippen molar-refractivity contribution in [2.45, 2.75) is 20.8 Å². The summed E-state index contributed by atoms with van der Waals surface area (Å²) in [7, 11) is 0. The minimum atomic E-state index is 1.25. The molecule has 0 saturated carbocycles. The maximum Gasteiger partial charge on any atom is 0.0361 e. The molecule has 2 aromatic carbocycles. The van der Waals surface area contributed by atoms with Crippen molar-refractivity contribution in [1.29, 1.82) is 0 Å². The average Bonchev–Trinajstić information content (AvgIpc) is 2.87. The predicted octanol–water partition coefficient (Wildman–Crippen LogP) is 6.76. The average molecular weight is 280 g/mol. The third-order valence-corrected chi connectivity index (χ3v) is 4.30. The molecule has 0 radical (unpaired) electrons. The molecule has 0 fully saturated rings. The van der Waals surface area contributed by atoms with Crippen LogP contribution in [-0.2, 0) is 0 Å². The summed E-state index contributed by atoms with van der Waals surface area (Å²) in [5.41, 5.74) is 1.25. The highest BCUT2D eigenvalue weighted by Gasteiger charge is 2.10. The predicted molar refractivity (Wildman–Crippen MR) is 95.5 cm³/mol. The lowest BCUT2D eigenvalue weighted by molar-refractivity contribution is 1.50. The summed E-state index contributed by atoms with van der Waals surface area (Å²) >= 11 is 1.83. The van der Waals surface area contributed by atoms with Gasteiger partial charge in [-0.25, -0.2) is 0 Å². The third-order valence-electron chi connectivity index (χ3n) is 3.17. The molecule has 0 nitrogen and oxygen atoms in total. The van der Waals surface area contributed by atoms with E-state index < -0.39 is 0 Å². The lowest BCUT2D eigenvalue weighted by Crippen LogP contribution is -1.76. The summed E-state index contributed by atoms with van der Waals surface area (Å²) in [6.07, 6.45) is 6.22. The van der Waals surface area contributed by atoms with Gasteiger partial charge >= 0.3 is 0 Å². The number of rotatable bonds is 2. The standard InChI is InChI=1S/C17H14S.C2H6/c1-3-7-15-13(4-2)17-14-9-6-5-8-12(14)10-11-16(17)18-15;1-2/h3-11H,2H2,1H3;1-2H3/b7-3-;. The molecule has 0 saturated heterocycles. The zero-order valence-corrected chi connectivity index (χ0v) is 13.1. The Bertz CT molecular complexity index is 760. The summed E-state index contributed by atoms with van der Waals surface area (Å²) in [5.74, 6) is 0. The molecule has 20 heavy (non-hydrogen) atoms. The number of fused-ring (bicyclic) bond motifs is 3. The van der Waals surface area contributed by atoms with Gasteiger partial charge in [0.2, 0.25) is 0 Å². The zero-order chi connectivity index (χ0) is 14.5. The van der Waals surface area contributed by atoms with Crippen LogP contribution in [0.15, 0.2) is 49.1 Å². The molecule has 0 amide bonds. The Morgan fingerprint density at radius 1 is 1.05 bits per heavy atom. The van der Waals surface area contributed by atoms with Crippen LogP contribution in [0.5, 0.6) is 0 Å². The van der Waals surface area contributed by atoms with Crippen molar-refractivity contribution in [3.63, 3.8) is 0 Å². The van der Waals surface area contributed by atoms with E-state index in [9.17, 15) is 0 Å². The second-order valence-electron chi connectivity index (χ2n) is 4.24. The van der Waals surface area contributed by atoms with Gasteiger partial charge in [0.15, 0.2) is 0 Å². The van der Waals surface area contributed by atoms with E-state index in [0.717, 1.165) is 0 Å². The minimum Gasteiger partial charge on any atom is -0.135 e. The molecule has 0 unspecified atom stereocenters. The van der Waals surface area contributed by atoms with E-state index in [-0.39, 0.29) is 0 Å². The molecule has 0 atom stereocenters. The van der Waals surface area contributed by atoms with Crippen molar-refractivity contribution >= 4 is 44.3 Å². The largest absolute Gasteiger partial charge is 0.135 e. The van der Waals surface area contributed by atoms with Gasteiger partial charge in [-0.1, -0.05) is 62.9 Å². The third kappa shape index (κ3) is 2.41. The highest BCUT2D eigenvalue weighted by Crippen LogP contribution is 2.37. The van der Waals surface area contributed by atoms with Crippen LogP contribution in [0.1, 0.15) is 31.2 Å². The van der Waals surface area contributed by atoms with Gasteiger partial charge in [0, 0.05) is 20.5 Å². The first-order chi connectivity index (χ1) is 9.85. The number of hydrogen-bond acceptors (Lipinski definition) is 1. The van der Waals surface area contributed by atoms with Gasteiger partial charge in [0.25, 0.3) is 0 Å². The molecular weight excluding hydrogens is 260 g/mol. The van der Waals surface area contributed by atoms with Crippen LogP contribution in [0.3, 0.4) is 0 Å². The van der Waals surface area contributed by atoms with Crippen molar-refractivity contribution in [2.75, 3.05) is 0 Å². The molecule has 0 spiro atoms. The van der Waals surface area contributed by atoms with Crippen molar-refractivity contribution in [3.05, 3.63) is 59.5 Å². The van der Waals surface area contributed by atoms with E-state index in [2.05, 4.69) is 62.1 Å². The molecule has 0 bridgehead atoms. The number of thiophene rings is 1. The maximum absolute atomic E-state index is 3.98. The summed E-state index contributed by atoms with van der Waals surface area (Å²) < 4.78 is 1.33. The Morgan fingerprint density at radius 2 is 1.80 bits per heavy atom. The van der Waals surface area contributed by atoms with Gasteiger partial charge in [-0.3, -0.25) is 0 Å². The number of benzene rings is 2. The van der Waals surface area contributed by atoms with Crippen LogP contribution in [0.4, 0.5) is 0 Å². The van der Waals surface area contributed by atoms with Gasteiger partial charge in [0.05, 0.1) is 0 Å². The lowest BCUT2D eigenvalue weighted by atomic mass is 10.0. The highest BCUT2D eigenvalue weighted by molar-refractivity contribution is 7.20. The van der Waals surface area contributed by atoms with Gasteiger partial charge in [-0.15, -0.1) is 11.3 Å². The Kier molecular flexibility index (Phi) is 4.75. The molecular formula is C19H20S. The van der Waals surface area contributed by atoms with Crippen molar-refractivity contribution < 1.29 is 0 Å². The quantitative estimate of drug-likeness (QED) is 0.486. The first-order valence-electron chi connectivity index (χ1n) is 7.04. The van der Waals surface area contributed by atoms with Crippen LogP contribution in [0, 0.1) is 0 Å². The minimum absolute atomic E-state index is 1.25. The molecule has 1 aromatic heterocycles. The molecule has 0 N–H and O–H groups in total. The molecule has 3 rings (SSSR count). The van der Waals surface area contributed by atoms with E-state index in [1.165, 1.54) is 31.3 Å². The van der Waals surface area contributed by atoms with Crippen LogP contribution >= 0.6 is 11.3 Å². The van der Waals surface area contributed by atoms with Gasteiger partial charge in [0.1, 0.15) is 0 Å². The van der Waals surface area contributed by atoms with Gasteiger partial charge in [-0.05, 0) is 29.8 Å². The van der Waals surface area contributed by atoms with Gasteiger partial charge in [-0.2, -0.15) is 0 Å².